The summed E-state index contributed by atoms with van der Waals surface area (Å²) in [5, 5.41) is 13.5. The molecule has 2 atom stereocenters. The van der Waals surface area contributed by atoms with E-state index >= 15 is 0 Å². The zero-order chi connectivity index (χ0) is 18.1. The van der Waals surface area contributed by atoms with Gasteiger partial charge >= 0.3 is 0 Å². The van der Waals surface area contributed by atoms with Crippen LogP contribution < -0.4 is 5.32 Å². The number of H-pyrrole nitrogens is 1. The predicted molar refractivity (Wildman–Crippen MR) is 101 cm³/mol. The number of benzene rings is 1. The fraction of sp³-hybridized carbons (Fsp3) is 0.500. The molecule has 7 nitrogen and oxygen atoms in total. The van der Waals surface area contributed by atoms with Crippen molar-refractivity contribution in [2.24, 2.45) is 0 Å². The van der Waals surface area contributed by atoms with Gasteiger partial charge in [0, 0.05) is 35.8 Å². The molecule has 4 heterocycles. The summed E-state index contributed by atoms with van der Waals surface area (Å²) >= 11 is 0. The molecule has 2 aliphatic heterocycles. The number of para-hydroxylation sites is 1. The highest BCUT2D eigenvalue weighted by atomic mass is 16.7. The maximum Gasteiger partial charge on any atom is 0.158 e. The standard InChI is InChI=1S/C20H25N5O2/c1-2-6-18-16(5-1)17-9-14(21-10-19(17)22-18)11-25-12-15(23-24-25)13-27-20-7-3-4-8-26-20/h1-2,5-6,12,14,20-22H,3-4,7-11,13H2/t14-,20?/m0/s1. The monoisotopic (exact) mass is 367 g/mol. The lowest BCUT2D eigenvalue weighted by Gasteiger charge is -2.24. The van der Waals surface area contributed by atoms with Gasteiger partial charge < -0.3 is 19.8 Å². The van der Waals surface area contributed by atoms with Crippen LogP contribution in [-0.2, 0) is 35.6 Å². The van der Waals surface area contributed by atoms with Crippen molar-refractivity contribution in [3.05, 3.63) is 47.4 Å². The molecule has 0 radical (unpaired) electrons. The van der Waals surface area contributed by atoms with Crippen LogP contribution >= 0.6 is 0 Å². The molecule has 1 saturated heterocycles. The molecule has 3 aromatic rings. The minimum absolute atomic E-state index is 0.0933. The summed E-state index contributed by atoms with van der Waals surface area (Å²) in [6.07, 6.45) is 6.14. The van der Waals surface area contributed by atoms with E-state index in [1.54, 1.807) is 0 Å². The molecule has 1 unspecified atom stereocenters. The van der Waals surface area contributed by atoms with Gasteiger partial charge in [0.05, 0.1) is 19.3 Å². The van der Waals surface area contributed by atoms with Gasteiger partial charge in [-0.15, -0.1) is 5.10 Å². The third-order valence-corrected chi connectivity index (χ3v) is 5.47. The molecule has 0 saturated carbocycles. The molecule has 1 fully saturated rings. The van der Waals surface area contributed by atoms with E-state index in [9.17, 15) is 0 Å². The maximum atomic E-state index is 5.80. The summed E-state index contributed by atoms with van der Waals surface area (Å²) in [7, 11) is 0. The third-order valence-electron chi connectivity index (χ3n) is 5.47. The first-order valence-corrected chi connectivity index (χ1v) is 9.79. The summed E-state index contributed by atoms with van der Waals surface area (Å²) < 4.78 is 13.3. The van der Waals surface area contributed by atoms with Gasteiger partial charge in [-0.1, -0.05) is 23.4 Å². The van der Waals surface area contributed by atoms with Crippen molar-refractivity contribution in [3.8, 4) is 0 Å². The van der Waals surface area contributed by atoms with Crippen molar-refractivity contribution in [1.82, 2.24) is 25.3 Å². The number of rotatable bonds is 5. The lowest BCUT2D eigenvalue weighted by atomic mass is 9.98. The molecule has 2 N–H and O–H groups in total. The van der Waals surface area contributed by atoms with Gasteiger partial charge in [-0.25, -0.2) is 0 Å². The highest BCUT2D eigenvalue weighted by Crippen LogP contribution is 2.26. The Morgan fingerprint density at radius 2 is 2.22 bits per heavy atom. The number of hydrogen-bond acceptors (Lipinski definition) is 5. The number of nitrogens with zero attached hydrogens (tertiary/aromatic N) is 3. The number of aromatic amines is 1. The summed E-state index contributed by atoms with van der Waals surface area (Å²) in [5.41, 5.74) is 4.79. The molecular formula is C20H25N5O2. The van der Waals surface area contributed by atoms with E-state index in [0.29, 0.717) is 12.6 Å². The SMILES string of the molecule is c1ccc2c3c([nH]c2c1)CN[C@H](Cn1cc(COC2CCCCO2)nn1)C3. The van der Waals surface area contributed by atoms with Crippen molar-refractivity contribution >= 4 is 10.9 Å². The fourth-order valence-electron chi connectivity index (χ4n) is 4.07. The quantitative estimate of drug-likeness (QED) is 0.725. The molecule has 0 spiro atoms. The second-order valence-electron chi connectivity index (χ2n) is 7.45. The smallest absolute Gasteiger partial charge is 0.158 e. The minimum Gasteiger partial charge on any atom is -0.357 e. The van der Waals surface area contributed by atoms with E-state index in [4.69, 9.17) is 9.47 Å². The Kier molecular flexibility index (Phi) is 4.65. The van der Waals surface area contributed by atoms with E-state index in [1.807, 2.05) is 10.9 Å². The van der Waals surface area contributed by atoms with Crippen LogP contribution in [0.15, 0.2) is 30.5 Å². The van der Waals surface area contributed by atoms with Crippen molar-refractivity contribution in [2.75, 3.05) is 6.61 Å². The second-order valence-corrected chi connectivity index (χ2v) is 7.45. The van der Waals surface area contributed by atoms with Crippen LogP contribution in [0.2, 0.25) is 0 Å². The Morgan fingerprint density at radius 1 is 1.26 bits per heavy atom. The van der Waals surface area contributed by atoms with Crippen LogP contribution in [0, 0.1) is 0 Å². The molecule has 27 heavy (non-hydrogen) atoms. The molecule has 5 rings (SSSR count). The van der Waals surface area contributed by atoms with Gasteiger partial charge in [-0.2, -0.15) is 0 Å². The van der Waals surface area contributed by atoms with Crippen LogP contribution in [0.4, 0.5) is 0 Å². The van der Waals surface area contributed by atoms with Crippen LogP contribution in [0.25, 0.3) is 10.9 Å². The van der Waals surface area contributed by atoms with E-state index in [0.717, 1.165) is 44.7 Å². The number of nitrogens with one attached hydrogen (secondary N) is 2. The predicted octanol–water partition coefficient (Wildman–Crippen LogP) is 2.52. The van der Waals surface area contributed by atoms with Crippen molar-refractivity contribution in [2.45, 2.75) is 57.7 Å². The lowest BCUT2D eigenvalue weighted by molar-refractivity contribution is -0.169. The molecule has 2 aliphatic rings. The Labute approximate surface area is 158 Å². The highest BCUT2D eigenvalue weighted by molar-refractivity contribution is 5.84. The van der Waals surface area contributed by atoms with Crippen LogP contribution in [0.3, 0.4) is 0 Å². The normalized spacial score (nSPS) is 22.8. The maximum absolute atomic E-state index is 5.80. The first-order chi connectivity index (χ1) is 13.3. The summed E-state index contributed by atoms with van der Waals surface area (Å²) in [6, 6.07) is 8.86. The van der Waals surface area contributed by atoms with Gasteiger partial charge in [0.25, 0.3) is 0 Å². The molecule has 7 heteroatoms. The van der Waals surface area contributed by atoms with Crippen molar-refractivity contribution < 1.29 is 9.47 Å². The Morgan fingerprint density at radius 3 is 3.15 bits per heavy atom. The number of ether oxygens (including phenoxy) is 2. The molecule has 1 aromatic carbocycles. The summed E-state index contributed by atoms with van der Waals surface area (Å²) in [5.74, 6) is 0. The van der Waals surface area contributed by atoms with Gasteiger partial charge in [0.2, 0.25) is 0 Å². The average molecular weight is 367 g/mol. The molecule has 2 aromatic heterocycles. The number of hydrogen-bond donors (Lipinski definition) is 2. The molecule has 0 bridgehead atoms. The molecule has 142 valence electrons. The van der Waals surface area contributed by atoms with Gasteiger partial charge in [-0.05, 0) is 37.3 Å². The lowest BCUT2D eigenvalue weighted by Crippen LogP contribution is -2.38. The van der Waals surface area contributed by atoms with Crippen molar-refractivity contribution in [1.29, 1.82) is 0 Å². The summed E-state index contributed by atoms with van der Waals surface area (Å²) in [6.45, 7) is 2.90. The Bertz CT molecular complexity index is 912. The zero-order valence-corrected chi connectivity index (χ0v) is 15.4. The highest BCUT2D eigenvalue weighted by Gasteiger charge is 2.22. The third kappa shape index (κ3) is 3.63. The second kappa shape index (κ2) is 7.42. The van der Waals surface area contributed by atoms with E-state index in [2.05, 4.69) is 44.9 Å². The first-order valence-electron chi connectivity index (χ1n) is 9.79. The van der Waals surface area contributed by atoms with Gasteiger partial charge in [0.15, 0.2) is 6.29 Å². The number of aromatic nitrogens is 4. The largest absolute Gasteiger partial charge is 0.357 e. The average Bonchev–Trinajstić information content (AvgIpc) is 3.31. The minimum atomic E-state index is -0.0933. The van der Waals surface area contributed by atoms with E-state index < -0.39 is 0 Å². The van der Waals surface area contributed by atoms with Crippen LogP contribution in [-0.4, -0.2) is 38.9 Å². The van der Waals surface area contributed by atoms with Gasteiger partial charge in [-0.3, -0.25) is 4.68 Å². The van der Waals surface area contributed by atoms with Crippen LogP contribution in [0.5, 0.6) is 0 Å². The fourth-order valence-corrected chi connectivity index (χ4v) is 4.07. The van der Waals surface area contributed by atoms with Crippen molar-refractivity contribution in [3.63, 3.8) is 0 Å². The first kappa shape index (κ1) is 16.9. The summed E-state index contributed by atoms with van der Waals surface area (Å²) in [4.78, 5) is 3.53. The van der Waals surface area contributed by atoms with E-state index in [-0.39, 0.29) is 6.29 Å². The van der Waals surface area contributed by atoms with Gasteiger partial charge in [0.1, 0.15) is 5.69 Å². The Hall–Kier alpha value is -2.22. The topological polar surface area (TPSA) is 77.0 Å². The zero-order valence-electron chi connectivity index (χ0n) is 15.4. The van der Waals surface area contributed by atoms with Crippen LogP contribution in [0.1, 0.15) is 36.2 Å². The molecular weight excluding hydrogens is 342 g/mol. The number of fused-ring (bicyclic) bond motifs is 3. The molecule has 0 aliphatic carbocycles. The van der Waals surface area contributed by atoms with E-state index in [1.165, 1.54) is 28.6 Å². The Balaban J connectivity index is 1.21. The molecule has 0 amide bonds.